The Morgan fingerprint density at radius 3 is 2.60 bits per heavy atom. The van der Waals surface area contributed by atoms with E-state index in [1.807, 2.05) is 6.92 Å². The Morgan fingerprint density at radius 1 is 1.25 bits per heavy atom. The Kier molecular flexibility index (Phi) is 9.41. The summed E-state index contributed by atoms with van der Waals surface area (Å²) in [5.74, 6) is -0.294. The lowest BCUT2D eigenvalue weighted by atomic mass is 10.1. The zero-order valence-corrected chi connectivity index (χ0v) is 12.5. The monoisotopic (exact) mass is 299 g/mol. The minimum Gasteiger partial charge on any atom is -0.351 e. The molecule has 0 heterocycles. The normalized spacial score (nSPS) is 9.50. The highest BCUT2D eigenvalue weighted by Crippen LogP contribution is 2.15. The van der Waals surface area contributed by atoms with E-state index < -0.39 is 0 Å². The Bertz CT molecular complexity index is 438. The highest BCUT2D eigenvalue weighted by atomic mass is 35.5. The zero-order valence-electron chi connectivity index (χ0n) is 11.6. The van der Waals surface area contributed by atoms with Gasteiger partial charge >= 0.3 is 0 Å². The maximum absolute atomic E-state index is 11.9. The maximum Gasteiger partial charge on any atom is 0.253 e. The first-order valence-electron chi connectivity index (χ1n) is 6.56. The van der Waals surface area contributed by atoms with Crippen LogP contribution in [0.2, 0.25) is 0 Å². The van der Waals surface area contributed by atoms with Gasteiger partial charge in [0.25, 0.3) is 5.91 Å². The molecule has 1 aromatic carbocycles. The Balaban J connectivity index is 0.00000361. The van der Waals surface area contributed by atoms with Gasteiger partial charge in [0.05, 0.1) is 11.3 Å². The molecule has 5 nitrogen and oxygen atoms in total. The van der Waals surface area contributed by atoms with Gasteiger partial charge in [-0.2, -0.15) is 0 Å². The third kappa shape index (κ3) is 6.04. The van der Waals surface area contributed by atoms with E-state index in [1.54, 1.807) is 24.3 Å². The molecular formula is C14H22ClN3O2. The molecule has 0 aliphatic carbocycles. The molecule has 0 unspecified atom stereocenters. The number of rotatable bonds is 7. The number of hydrogen-bond acceptors (Lipinski definition) is 3. The van der Waals surface area contributed by atoms with Gasteiger partial charge in [-0.3, -0.25) is 9.59 Å². The molecule has 0 saturated carbocycles. The van der Waals surface area contributed by atoms with E-state index in [4.69, 9.17) is 5.73 Å². The summed E-state index contributed by atoms with van der Waals surface area (Å²) >= 11 is 0. The Morgan fingerprint density at radius 2 is 1.95 bits per heavy atom. The van der Waals surface area contributed by atoms with Crippen molar-refractivity contribution in [2.24, 2.45) is 5.73 Å². The van der Waals surface area contributed by atoms with E-state index in [1.165, 1.54) is 0 Å². The van der Waals surface area contributed by atoms with Gasteiger partial charge < -0.3 is 16.4 Å². The second kappa shape index (κ2) is 10.2. The molecule has 1 rings (SSSR count). The quantitative estimate of drug-likeness (QED) is 0.719. The van der Waals surface area contributed by atoms with E-state index in [0.717, 1.165) is 12.8 Å². The van der Waals surface area contributed by atoms with Gasteiger partial charge in [-0.25, -0.2) is 0 Å². The third-order valence-corrected chi connectivity index (χ3v) is 2.63. The lowest BCUT2D eigenvalue weighted by Crippen LogP contribution is -2.29. The number of para-hydroxylation sites is 1. The van der Waals surface area contributed by atoms with Crippen LogP contribution in [-0.2, 0) is 4.79 Å². The van der Waals surface area contributed by atoms with Crippen LogP contribution < -0.4 is 16.4 Å². The molecule has 1 aromatic rings. The van der Waals surface area contributed by atoms with Crippen LogP contribution in [0.5, 0.6) is 0 Å². The lowest BCUT2D eigenvalue weighted by molar-refractivity contribution is -0.116. The van der Waals surface area contributed by atoms with Crippen LogP contribution in [0.1, 0.15) is 36.5 Å². The van der Waals surface area contributed by atoms with Crippen LogP contribution >= 0.6 is 12.4 Å². The molecule has 0 aliphatic heterocycles. The minimum atomic E-state index is -0.225. The van der Waals surface area contributed by atoms with Crippen molar-refractivity contribution in [3.05, 3.63) is 29.8 Å². The number of benzene rings is 1. The summed E-state index contributed by atoms with van der Waals surface area (Å²) in [4.78, 5) is 23.6. The largest absolute Gasteiger partial charge is 0.351 e. The van der Waals surface area contributed by atoms with Gasteiger partial charge in [0, 0.05) is 19.5 Å². The van der Waals surface area contributed by atoms with Crippen molar-refractivity contribution in [2.45, 2.75) is 26.2 Å². The number of nitrogens with two attached hydrogens (primary N) is 1. The molecule has 0 aliphatic rings. The second-order valence-electron chi connectivity index (χ2n) is 4.24. The lowest BCUT2D eigenvalue weighted by Gasteiger charge is -2.10. The summed E-state index contributed by atoms with van der Waals surface area (Å²) in [5.41, 5.74) is 6.34. The average Bonchev–Trinajstić information content (AvgIpc) is 2.43. The third-order valence-electron chi connectivity index (χ3n) is 2.63. The Hall–Kier alpha value is -1.59. The average molecular weight is 300 g/mol. The number of anilines is 1. The molecular weight excluding hydrogens is 278 g/mol. The summed E-state index contributed by atoms with van der Waals surface area (Å²) in [6.45, 7) is 2.83. The van der Waals surface area contributed by atoms with Crippen molar-refractivity contribution in [1.29, 1.82) is 0 Å². The van der Waals surface area contributed by atoms with Gasteiger partial charge in [-0.15, -0.1) is 12.4 Å². The van der Waals surface area contributed by atoms with Crippen molar-refractivity contribution in [3.63, 3.8) is 0 Å². The van der Waals surface area contributed by atoms with Crippen molar-refractivity contribution in [1.82, 2.24) is 5.32 Å². The number of nitrogens with one attached hydrogen (secondary N) is 2. The van der Waals surface area contributed by atoms with Crippen molar-refractivity contribution in [2.75, 3.05) is 18.4 Å². The van der Waals surface area contributed by atoms with E-state index >= 15 is 0 Å². The van der Waals surface area contributed by atoms with E-state index in [-0.39, 0.29) is 24.2 Å². The minimum absolute atomic E-state index is 0. The summed E-state index contributed by atoms with van der Waals surface area (Å²) in [6.07, 6.45) is 2.27. The van der Waals surface area contributed by atoms with Gasteiger partial charge in [0.2, 0.25) is 5.91 Å². The van der Waals surface area contributed by atoms with Crippen LogP contribution in [0.3, 0.4) is 0 Å². The van der Waals surface area contributed by atoms with Gasteiger partial charge in [-0.05, 0) is 18.6 Å². The van der Waals surface area contributed by atoms with Crippen LogP contribution in [0.15, 0.2) is 24.3 Å². The molecule has 0 saturated heterocycles. The van der Waals surface area contributed by atoms with Crippen LogP contribution in [0.4, 0.5) is 5.69 Å². The first kappa shape index (κ1) is 18.4. The molecule has 0 fully saturated rings. The number of carbonyl (C=O) groups excluding carboxylic acids is 2. The topological polar surface area (TPSA) is 84.2 Å². The second-order valence-corrected chi connectivity index (χ2v) is 4.24. The van der Waals surface area contributed by atoms with E-state index in [0.29, 0.717) is 30.8 Å². The van der Waals surface area contributed by atoms with Gasteiger partial charge in [-0.1, -0.05) is 25.5 Å². The van der Waals surface area contributed by atoms with Crippen LogP contribution in [0, 0.1) is 0 Å². The van der Waals surface area contributed by atoms with Crippen LogP contribution in [0.25, 0.3) is 0 Å². The van der Waals surface area contributed by atoms with E-state index in [9.17, 15) is 9.59 Å². The predicted molar refractivity (Wildman–Crippen MR) is 83.2 cm³/mol. The summed E-state index contributed by atoms with van der Waals surface area (Å²) in [5, 5.41) is 5.46. The predicted octanol–water partition coefficient (Wildman–Crippen LogP) is 1.93. The highest BCUT2D eigenvalue weighted by Gasteiger charge is 2.12. The molecule has 4 N–H and O–H groups in total. The smallest absolute Gasteiger partial charge is 0.253 e. The molecule has 0 radical (unpaired) electrons. The van der Waals surface area contributed by atoms with E-state index in [2.05, 4.69) is 10.6 Å². The maximum atomic E-state index is 11.9. The number of hydrogen-bond donors (Lipinski definition) is 3. The fraction of sp³-hybridized carbons (Fsp3) is 0.429. The summed E-state index contributed by atoms with van der Waals surface area (Å²) in [7, 11) is 0. The number of halogens is 1. The molecule has 0 aromatic heterocycles. The fourth-order valence-corrected chi connectivity index (χ4v) is 1.62. The number of unbranched alkanes of at least 4 members (excludes halogenated alkanes) is 1. The number of carbonyl (C=O) groups is 2. The molecule has 6 heteroatoms. The number of amides is 2. The fourth-order valence-electron chi connectivity index (χ4n) is 1.62. The first-order chi connectivity index (χ1) is 9.19. The first-order valence-corrected chi connectivity index (χ1v) is 6.56. The molecule has 20 heavy (non-hydrogen) atoms. The standard InChI is InChI=1S/C14H21N3O2.ClH/c1-2-3-8-13(18)17-12-7-5-4-6-11(12)14(19)16-10-9-15;/h4-7H,2-3,8-10,15H2,1H3,(H,16,19)(H,17,18);1H. The SMILES string of the molecule is CCCCC(=O)Nc1ccccc1C(=O)NCCN.Cl. The van der Waals surface area contributed by atoms with Crippen molar-refractivity contribution >= 4 is 29.9 Å². The highest BCUT2D eigenvalue weighted by molar-refractivity contribution is 6.03. The molecule has 112 valence electrons. The molecule has 2 amide bonds. The molecule has 0 bridgehead atoms. The van der Waals surface area contributed by atoms with Gasteiger partial charge in [0.1, 0.15) is 0 Å². The summed E-state index contributed by atoms with van der Waals surface area (Å²) in [6, 6.07) is 6.96. The van der Waals surface area contributed by atoms with Crippen molar-refractivity contribution in [3.8, 4) is 0 Å². The van der Waals surface area contributed by atoms with Crippen LogP contribution in [-0.4, -0.2) is 24.9 Å². The van der Waals surface area contributed by atoms with Gasteiger partial charge in [0.15, 0.2) is 0 Å². The summed E-state index contributed by atoms with van der Waals surface area (Å²) < 4.78 is 0. The van der Waals surface area contributed by atoms with Crippen molar-refractivity contribution < 1.29 is 9.59 Å². The molecule has 0 spiro atoms. The molecule has 0 atom stereocenters. The Labute approximate surface area is 125 Å². The zero-order chi connectivity index (χ0) is 14.1.